The zero-order valence-corrected chi connectivity index (χ0v) is 11.8. The predicted molar refractivity (Wildman–Crippen MR) is 81.3 cm³/mol. The Kier molecular flexibility index (Phi) is 6.68. The Morgan fingerprint density at radius 1 is 0.952 bits per heavy atom. The van der Waals surface area contributed by atoms with Crippen molar-refractivity contribution in [2.45, 2.75) is 6.42 Å². The highest BCUT2D eigenvalue weighted by molar-refractivity contribution is 6.04. The molecular weight excluding hydrogens is 268 g/mol. The Labute approximate surface area is 124 Å². The Bertz CT molecular complexity index is 558. The van der Waals surface area contributed by atoms with Crippen LogP contribution in [0.4, 0.5) is 0 Å². The quantitative estimate of drug-likeness (QED) is 0.544. The third-order valence-electron chi connectivity index (χ3n) is 2.60. The van der Waals surface area contributed by atoms with Crippen molar-refractivity contribution in [1.29, 1.82) is 0 Å². The molecule has 21 heavy (non-hydrogen) atoms. The van der Waals surface area contributed by atoms with Gasteiger partial charge in [0, 0.05) is 0 Å². The summed E-state index contributed by atoms with van der Waals surface area (Å²) in [5, 5.41) is 0. The van der Waals surface area contributed by atoms with Gasteiger partial charge in [0.25, 0.3) is 0 Å². The maximum Gasteiger partial charge on any atom is 0.339 e. The normalized spacial score (nSPS) is 9.52. The average molecular weight is 286 g/mol. The minimum absolute atomic E-state index is 0.0718. The smallest absolute Gasteiger partial charge is 0.339 e. The molecule has 0 aromatic heterocycles. The third kappa shape index (κ3) is 4.45. The Balaban J connectivity index is 3.21. The summed E-state index contributed by atoms with van der Waals surface area (Å²) in [5.41, 5.74) is 1.03. The fraction of sp³-hybridized carbons (Fsp3) is 0.176. The molecule has 110 valence electrons. The van der Waals surface area contributed by atoms with Gasteiger partial charge in [0.2, 0.25) is 0 Å². The van der Waals surface area contributed by atoms with Crippen molar-refractivity contribution >= 4 is 11.9 Å². The molecule has 4 heteroatoms. The topological polar surface area (TPSA) is 52.6 Å². The number of carbonyl (C=O) groups is 2. The van der Waals surface area contributed by atoms with E-state index < -0.39 is 11.9 Å². The molecule has 0 aliphatic rings. The number of hydrogen-bond acceptors (Lipinski definition) is 4. The second-order valence-corrected chi connectivity index (χ2v) is 4.11. The Morgan fingerprint density at radius 3 is 2.14 bits per heavy atom. The van der Waals surface area contributed by atoms with Crippen molar-refractivity contribution in [3.05, 3.63) is 72.9 Å². The zero-order valence-electron chi connectivity index (χ0n) is 11.8. The predicted octanol–water partition coefficient (Wildman–Crippen LogP) is 3.10. The van der Waals surface area contributed by atoms with Crippen LogP contribution >= 0.6 is 0 Å². The molecule has 0 saturated heterocycles. The molecule has 0 heterocycles. The van der Waals surface area contributed by atoms with Gasteiger partial charge in [-0.3, -0.25) is 0 Å². The molecule has 0 aliphatic heterocycles. The molecule has 0 atom stereocenters. The van der Waals surface area contributed by atoms with Crippen LogP contribution in [0.1, 0.15) is 26.3 Å². The molecule has 0 bridgehead atoms. The summed E-state index contributed by atoms with van der Waals surface area (Å²) in [6.07, 6.45) is 5.02. The number of hydrogen-bond donors (Lipinski definition) is 0. The molecule has 0 fully saturated rings. The molecule has 1 aromatic carbocycles. The maximum atomic E-state index is 12.2. The average Bonchev–Trinajstić information content (AvgIpc) is 2.50. The van der Waals surface area contributed by atoms with Crippen LogP contribution in [0.3, 0.4) is 0 Å². The molecule has 0 radical (unpaired) electrons. The van der Waals surface area contributed by atoms with E-state index in [1.54, 1.807) is 18.2 Å². The van der Waals surface area contributed by atoms with Crippen molar-refractivity contribution in [3.63, 3.8) is 0 Å². The molecule has 1 rings (SSSR count). The van der Waals surface area contributed by atoms with Gasteiger partial charge in [-0.2, -0.15) is 0 Å². The van der Waals surface area contributed by atoms with Crippen LogP contribution in [0.25, 0.3) is 0 Å². The van der Waals surface area contributed by atoms with Gasteiger partial charge in [-0.25, -0.2) is 9.59 Å². The lowest BCUT2D eigenvalue weighted by Crippen LogP contribution is -2.16. The number of carbonyl (C=O) groups excluding carboxylic acids is 2. The SMILES string of the molecule is C=CCOC(=O)c1cccc(CC=C)c1C(=O)OCC=C. The second kappa shape index (κ2) is 8.53. The summed E-state index contributed by atoms with van der Waals surface area (Å²) in [6, 6.07) is 4.96. The highest BCUT2D eigenvalue weighted by atomic mass is 16.5. The summed E-state index contributed by atoms with van der Waals surface area (Å²) in [4.78, 5) is 24.2. The van der Waals surface area contributed by atoms with Crippen molar-refractivity contribution in [1.82, 2.24) is 0 Å². The highest BCUT2D eigenvalue weighted by Gasteiger charge is 2.22. The lowest BCUT2D eigenvalue weighted by Gasteiger charge is -2.12. The zero-order chi connectivity index (χ0) is 15.7. The molecule has 0 N–H and O–H groups in total. The summed E-state index contributed by atoms with van der Waals surface area (Å²) in [7, 11) is 0. The Morgan fingerprint density at radius 2 is 1.57 bits per heavy atom. The standard InChI is InChI=1S/C17H18O4/c1-4-8-13-9-7-10-14(16(18)20-11-5-2)15(13)17(19)21-12-6-3/h4-7,9-10H,1-3,8,11-12H2. The van der Waals surface area contributed by atoms with E-state index in [9.17, 15) is 9.59 Å². The van der Waals surface area contributed by atoms with Gasteiger partial charge >= 0.3 is 11.9 Å². The van der Waals surface area contributed by atoms with Gasteiger partial charge in [-0.1, -0.05) is 43.5 Å². The van der Waals surface area contributed by atoms with Crippen molar-refractivity contribution in [2.75, 3.05) is 13.2 Å². The van der Waals surface area contributed by atoms with Crippen LogP contribution in [0.5, 0.6) is 0 Å². The fourth-order valence-corrected chi connectivity index (χ4v) is 1.76. The van der Waals surface area contributed by atoms with E-state index >= 15 is 0 Å². The van der Waals surface area contributed by atoms with E-state index in [2.05, 4.69) is 19.7 Å². The lowest BCUT2D eigenvalue weighted by atomic mass is 9.98. The molecule has 4 nitrogen and oxygen atoms in total. The summed E-state index contributed by atoms with van der Waals surface area (Å²) < 4.78 is 10.0. The van der Waals surface area contributed by atoms with E-state index in [0.29, 0.717) is 12.0 Å². The summed E-state index contributed by atoms with van der Waals surface area (Å²) >= 11 is 0. The number of ether oxygens (including phenoxy) is 2. The minimum atomic E-state index is -0.591. The highest BCUT2D eigenvalue weighted by Crippen LogP contribution is 2.19. The van der Waals surface area contributed by atoms with Crippen molar-refractivity contribution in [3.8, 4) is 0 Å². The van der Waals surface area contributed by atoms with E-state index in [-0.39, 0.29) is 24.3 Å². The van der Waals surface area contributed by atoms with Crippen LogP contribution in [0.2, 0.25) is 0 Å². The van der Waals surface area contributed by atoms with Gasteiger partial charge in [0.1, 0.15) is 13.2 Å². The molecule has 0 spiro atoms. The second-order valence-electron chi connectivity index (χ2n) is 4.11. The molecular formula is C17H18O4. The number of allylic oxidation sites excluding steroid dienone is 1. The number of benzene rings is 1. The number of esters is 2. The van der Waals surface area contributed by atoms with Crippen molar-refractivity contribution in [2.24, 2.45) is 0 Å². The summed E-state index contributed by atoms with van der Waals surface area (Å²) in [6.45, 7) is 10.8. The van der Waals surface area contributed by atoms with Gasteiger partial charge in [0.15, 0.2) is 0 Å². The first-order valence-corrected chi connectivity index (χ1v) is 6.44. The summed E-state index contributed by atoms with van der Waals surface area (Å²) in [5.74, 6) is -1.18. The van der Waals surface area contributed by atoms with Crippen LogP contribution in [-0.4, -0.2) is 25.2 Å². The van der Waals surface area contributed by atoms with Crippen LogP contribution < -0.4 is 0 Å². The number of rotatable bonds is 8. The first kappa shape index (κ1) is 16.4. The van der Waals surface area contributed by atoms with Crippen LogP contribution in [0.15, 0.2) is 56.2 Å². The van der Waals surface area contributed by atoms with Crippen molar-refractivity contribution < 1.29 is 19.1 Å². The maximum absolute atomic E-state index is 12.2. The van der Waals surface area contributed by atoms with E-state index in [1.807, 2.05) is 0 Å². The molecule has 0 saturated carbocycles. The van der Waals surface area contributed by atoms with Gasteiger partial charge in [-0.05, 0) is 18.1 Å². The minimum Gasteiger partial charge on any atom is -0.458 e. The van der Waals surface area contributed by atoms with Gasteiger partial charge in [0.05, 0.1) is 11.1 Å². The molecule has 0 unspecified atom stereocenters. The lowest BCUT2D eigenvalue weighted by molar-refractivity contribution is 0.0502. The van der Waals surface area contributed by atoms with Gasteiger partial charge < -0.3 is 9.47 Å². The van der Waals surface area contributed by atoms with E-state index in [1.165, 1.54) is 18.2 Å². The van der Waals surface area contributed by atoms with Crippen LogP contribution in [-0.2, 0) is 15.9 Å². The largest absolute Gasteiger partial charge is 0.458 e. The fourth-order valence-electron chi connectivity index (χ4n) is 1.76. The van der Waals surface area contributed by atoms with E-state index in [4.69, 9.17) is 9.47 Å². The molecule has 0 aliphatic carbocycles. The van der Waals surface area contributed by atoms with E-state index in [0.717, 1.165) is 0 Å². The first-order valence-electron chi connectivity index (χ1n) is 6.44. The monoisotopic (exact) mass is 286 g/mol. The molecule has 1 aromatic rings. The Hall–Kier alpha value is -2.62. The van der Waals surface area contributed by atoms with Crippen LogP contribution in [0, 0.1) is 0 Å². The van der Waals surface area contributed by atoms with Gasteiger partial charge in [-0.15, -0.1) is 6.58 Å². The first-order chi connectivity index (χ1) is 10.2. The third-order valence-corrected chi connectivity index (χ3v) is 2.60. The molecule has 0 amide bonds.